The minimum absolute atomic E-state index is 0.0186. The largest absolute Gasteiger partial charge is 0.489 e. The van der Waals surface area contributed by atoms with Gasteiger partial charge in [0, 0.05) is 38.4 Å². The maximum Gasteiger partial charge on any atom is 0.238 e. The van der Waals surface area contributed by atoms with Crippen LogP contribution in [0.5, 0.6) is 5.75 Å². The van der Waals surface area contributed by atoms with Gasteiger partial charge in [-0.25, -0.2) is 4.39 Å². The maximum atomic E-state index is 13.5. The number of rotatable bonds is 7. The number of carbonyl (C=O) groups excluding carboxylic acids is 1. The monoisotopic (exact) mass is 385 g/mol. The summed E-state index contributed by atoms with van der Waals surface area (Å²) in [6, 6.07) is 12.4. The lowest BCUT2D eigenvalue weighted by Crippen LogP contribution is -2.49. The van der Waals surface area contributed by atoms with E-state index in [1.165, 1.54) is 11.6 Å². The highest BCUT2D eigenvalue weighted by molar-refractivity contribution is 5.93. The van der Waals surface area contributed by atoms with Crippen LogP contribution in [0.2, 0.25) is 0 Å². The molecule has 0 saturated carbocycles. The van der Waals surface area contributed by atoms with Gasteiger partial charge < -0.3 is 10.1 Å². The smallest absolute Gasteiger partial charge is 0.238 e. The van der Waals surface area contributed by atoms with E-state index in [-0.39, 0.29) is 11.7 Å². The van der Waals surface area contributed by atoms with Crippen LogP contribution in [0.4, 0.5) is 10.1 Å². The molecule has 0 atom stereocenters. The van der Waals surface area contributed by atoms with Crippen LogP contribution in [-0.4, -0.2) is 61.6 Å². The number of para-hydroxylation sites is 1. The first-order valence-electron chi connectivity index (χ1n) is 9.71. The number of hydrogen-bond acceptors (Lipinski definition) is 4. The fourth-order valence-electron chi connectivity index (χ4n) is 3.30. The van der Waals surface area contributed by atoms with Gasteiger partial charge in [0.2, 0.25) is 5.91 Å². The maximum absolute atomic E-state index is 13.5. The first kappa shape index (κ1) is 20.3. The molecule has 1 N–H and O–H groups in total. The van der Waals surface area contributed by atoms with Gasteiger partial charge in [-0.05, 0) is 43.2 Å². The molecule has 1 heterocycles. The quantitative estimate of drug-likeness (QED) is 0.796. The minimum atomic E-state index is -0.331. The van der Waals surface area contributed by atoms with Crippen LogP contribution in [0.25, 0.3) is 0 Å². The topological polar surface area (TPSA) is 44.8 Å². The number of piperazine rings is 1. The molecule has 0 aliphatic carbocycles. The van der Waals surface area contributed by atoms with E-state index in [2.05, 4.69) is 15.1 Å². The zero-order chi connectivity index (χ0) is 19.9. The highest BCUT2D eigenvalue weighted by Gasteiger charge is 2.19. The summed E-state index contributed by atoms with van der Waals surface area (Å²) in [6.45, 7) is 9.07. The number of halogens is 1. The Morgan fingerprint density at radius 1 is 1.04 bits per heavy atom. The van der Waals surface area contributed by atoms with Crippen molar-refractivity contribution in [3.8, 4) is 5.75 Å². The molecule has 1 saturated heterocycles. The van der Waals surface area contributed by atoms with Gasteiger partial charge in [0.15, 0.2) is 11.6 Å². The second-order valence-corrected chi connectivity index (χ2v) is 7.19. The normalized spacial score (nSPS) is 15.4. The summed E-state index contributed by atoms with van der Waals surface area (Å²) in [5.41, 5.74) is 3.16. The van der Waals surface area contributed by atoms with E-state index >= 15 is 0 Å². The molecule has 3 rings (SSSR count). The molecule has 0 aromatic heterocycles. The first-order chi connectivity index (χ1) is 13.5. The van der Waals surface area contributed by atoms with Crippen molar-refractivity contribution in [2.45, 2.75) is 13.8 Å². The SMILES string of the molecule is Cc1cccc(NC(=O)CN2CCN(CCOc3ccccc3F)CC2)c1C. The van der Waals surface area contributed by atoms with Crippen molar-refractivity contribution in [2.24, 2.45) is 0 Å². The lowest BCUT2D eigenvalue weighted by molar-refractivity contribution is -0.117. The van der Waals surface area contributed by atoms with Gasteiger partial charge in [0.1, 0.15) is 6.61 Å². The molecule has 2 aromatic carbocycles. The summed E-state index contributed by atoms with van der Waals surface area (Å²) in [5.74, 6) is -0.0172. The van der Waals surface area contributed by atoms with E-state index in [4.69, 9.17) is 4.74 Å². The molecule has 28 heavy (non-hydrogen) atoms. The Bertz CT molecular complexity index is 804. The van der Waals surface area contributed by atoms with Crippen molar-refractivity contribution < 1.29 is 13.9 Å². The number of anilines is 1. The van der Waals surface area contributed by atoms with Crippen LogP contribution in [0, 0.1) is 19.7 Å². The van der Waals surface area contributed by atoms with Gasteiger partial charge in [-0.1, -0.05) is 24.3 Å². The molecular formula is C22H28FN3O2. The Morgan fingerprint density at radius 3 is 2.50 bits per heavy atom. The lowest BCUT2D eigenvalue weighted by atomic mass is 10.1. The molecule has 0 radical (unpaired) electrons. The molecule has 150 valence electrons. The second-order valence-electron chi connectivity index (χ2n) is 7.19. The summed E-state index contributed by atoms with van der Waals surface area (Å²) in [6.07, 6.45) is 0. The highest BCUT2D eigenvalue weighted by atomic mass is 19.1. The van der Waals surface area contributed by atoms with Crippen LogP contribution in [0.3, 0.4) is 0 Å². The molecular weight excluding hydrogens is 357 g/mol. The van der Waals surface area contributed by atoms with Crippen LogP contribution in [-0.2, 0) is 4.79 Å². The van der Waals surface area contributed by atoms with Crippen molar-refractivity contribution >= 4 is 11.6 Å². The number of benzene rings is 2. The minimum Gasteiger partial charge on any atom is -0.489 e. The summed E-state index contributed by atoms with van der Waals surface area (Å²) >= 11 is 0. The van der Waals surface area contributed by atoms with Gasteiger partial charge >= 0.3 is 0 Å². The van der Waals surface area contributed by atoms with Gasteiger partial charge in [-0.3, -0.25) is 14.6 Å². The lowest BCUT2D eigenvalue weighted by Gasteiger charge is -2.34. The van der Waals surface area contributed by atoms with Crippen LogP contribution in [0.15, 0.2) is 42.5 Å². The standard InChI is InChI=1S/C22H28FN3O2/c1-17-6-5-8-20(18(17)2)24-22(27)16-26-12-10-25(11-13-26)14-15-28-21-9-4-3-7-19(21)23/h3-9H,10-16H2,1-2H3,(H,24,27). The number of aryl methyl sites for hydroxylation is 1. The Hall–Kier alpha value is -2.44. The van der Waals surface area contributed by atoms with E-state index in [9.17, 15) is 9.18 Å². The third-order valence-corrected chi connectivity index (χ3v) is 5.21. The number of nitrogens with zero attached hydrogens (tertiary/aromatic N) is 2. The van der Waals surface area contributed by atoms with E-state index < -0.39 is 0 Å². The second kappa shape index (κ2) is 9.66. The first-order valence-corrected chi connectivity index (χ1v) is 9.71. The summed E-state index contributed by atoms with van der Waals surface area (Å²) in [5, 5.41) is 3.02. The van der Waals surface area contributed by atoms with Crippen LogP contribution < -0.4 is 10.1 Å². The molecule has 1 amide bonds. The number of carbonyl (C=O) groups is 1. The zero-order valence-corrected chi connectivity index (χ0v) is 16.6. The van der Waals surface area contributed by atoms with Gasteiger partial charge in [-0.2, -0.15) is 0 Å². The fraction of sp³-hybridized carbons (Fsp3) is 0.409. The molecule has 1 aliphatic heterocycles. The van der Waals surface area contributed by atoms with Gasteiger partial charge in [0.25, 0.3) is 0 Å². The van der Waals surface area contributed by atoms with Crippen molar-refractivity contribution in [3.63, 3.8) is 0 Å². The number of ether oxygens (including phenoxy) is 1. The number of hydrogen-bond donors (Lipinski definition) is 1. The van der Waals surface area contributed by atoms with Crippen molar-refractivity contribution in [3.05, 3.63) is 59.4 Å². The summed E-state index contributed by atoms with van der Waals surface area (Å²) in [4.78, 5) is 16.8. The van der Waals surface area contributed by atoms with Gasteiger partial charge in [-0.15, -0.1) is 0 Å². The predicted molar refractivity (Wildman–Crippen MR) is 109 cm³/mol. The molecule has 1 fully saturated rings. The summed E-state index contributed by atoms with van der Waals surface area (Å²) in [7, 11) is 0. The van der Waals surface area contributed by atoms with Crippen LogP contribution >= 0.6 is 0 Å². The zero-order valence-electron chi connectivity index (χ0n) is 16.6. The van der Waals surface area contributed by atoms with E-state index in [1.54, 1.807) is 18.2 Å². The Kier molecular flexibility index (Phi) is 7.01. The summed E-state index contributed by atoms with van der Waals surface area (Å²) < 4.78 is 19.1. The Labute approximate surface area is 166 Å². The Morgan fingerprint density at radius 2 is 1.75 bits per heavy atom. The Balaban J connectivity index is 1.37. The van der Waals surface area contributed by atoms with Crippen molar-refractivity contribution in [1.82, 2.24) is 9.80 Å². The van der Waals surface area contributed by atoms with Crippen molar-refractivity contribution in [2.75, 3.05) is 51.2 Å². The highest BCUT2D eigenvalue weighted by Crippen LogP contribution is 2.18. The molecule has 0 bridgehead atoms. The molecule has 5 nitrogen and oxygen atoms in total. The number of nitrogens with one attached hydrogen (secondary N) is 1. The van der Waals surface area contributed by atoms with E-state index in [0.29, 0.717) is 18.9 Å². The average Bonchev–Trinajstić information content (AvgIpc) is 2.68. The molecule has 2 aromatic rings. The average molecular weight is 385 g/mol. The third kappa shape index (κ3) is 5.53. The molecule has 6 heteroatoms. The number of amides is 1. The molecule has 0 unspecified atom stereocenters. The molecule has 1 aliphatic rings. The van der Waals surface area contributed by atoms with Crippen LogP contribution in [0.1, 0.15) is 11.1 Å². The van der Waals surface area contributed by atoms with E-state index in [0.717, 1.165) is 44.0 Å². The van der Waals surface area contributed by atoms with E-state index in [1.807, 2.05) is 32.0 Å². The molecule has 0 spiro atoms. The van der Waals surface area contributed by atoms with Gasteiger partial charge in [0.05, 0.1) is 6.54 Å². The predicted octanol–water partition coefficient (Wildman–Crippen LogP) is 3.08. The van der Waals surface area contributed by atoms with Crippen molar-refractivity contribution in [1.29, 1.82) is 0 Å². The third-order valence-electron chi connectivity index (χ3n) is 5.21. The fourth-order valence-corrected chi connectivity index (χ4v) is 3.30.